The third-order valence-electron chi connectivity index (χ3n) is 3.01. The molecule has 4 nitrogen and oxygen atoms in total. The number of imidazole rings is 1. The Morgan fingerprint density at radius 2 is 2.20 bits per heavy atom. The quantitative estimate of drug-likeness (QED) is 0.722. The highest BCUT2D eigenvalue weighted by Gasteiger charge is 2.14. The van der Waals surface area contributed by atoms with Gasteiger partial charge in [0, 0.05) is 15.6 Å². The molecule has 0 spiro atoms. The Kier molecular flexibility index (Phi) is 3.67. The van der Waals surface area contributed by atoms with Crippen LogP contribution in [0.5, 0.6) is 5.75 Å². The summed E-state index contributed by atoms with van der Waals surface area (Å²) in [7, 11) is 1.67. The van der Waals surface area contributed by atoms with Crippen LogP contribution in [0.2, 0.25) is 0 Å². The molecule has 0 aliphatic rings. The summed E-state index contributed by atoms with van der Waals surface area (Å²) >= 11 is 5.25. The van der Waals surface area contributed by atoms with E-state index in [0.29, 0.717) is 0 Å². The fourth-order valence-corrected chi connectivity index (χ4v) is 3.34. The molecule has 1 N–H and O–H groups in total. The van der Waals surface area contributed by atoms with E-state index in [1.165, 1.54) is 0 Å². The van der Waals surface area contributed by atoms with Gasteiger partial charge in [-0.2, -0.15) is 0 Å². The van der Waals surface area contributed by atoms with E-state index in [-0.39, 0.29) is 0 Å². The molecule has 102 valence electrons. The topological polar surface area (TPSA) is 50.8 Å². The highest BCUT2D eigenvalue weighted by atomic mass is 79.9. The van der Waals surface area contributed by atoms with Crippen LogP contribution < -0.4 is 4.74 Å². The fraction of sp³-hybridized carbons (Fsp3) is 0.143. The van der Waals surface area contributed by atoms with Gasteiger partial charge in [0.15, 0.2) is 0 Å². The van der Waals surface area contributed by atoms with Crippen LogP contribution in [0, 0.1) is 0 Å². The number of hydrogen-bond donors (Lipinski definition) is 1. The number of methoxy groups -OCH3 is 1. The monoisotopic (exact) mass is 349 g/mol. The molecule has 3 aromatic rings. The molecule has 0 amide bonds. The third-order valence-corrected chi connectivity index (χ3v) is 4.71. The molecule has 2 heterocycles. The lowest BCUT2D eigenvalue weighted by molar-refractivity contribution is 0.415. The highest BCUT2D eigenvalue weighted by molar-refractivity contribution is 9.10. The number of pyridine rings is 1. The predicted molar refractivity (Wildman–Crippen MR) is 85.4 cm³/mol. The van der Waals surface area contributed by atoms with E-state index >= 15 is 0 Å². The maximum atomic E-state index is 5.48. The van der Waals surface area contributed by atoms with Gasteiger partial charge in [-0.3, -0.25) is 4.98 Å². The molecule has 0 aliphatic carbocycles. The molecule has 0 saturated carbocycles. The van der Waals surface area contributed by atoms with Gasteiger partial charge in [-0.25, -0.2) is 4.98 Å². The van der Waals surface area contributed by atoms with Crippen molar-refractivity contribution in [3.8, 4) is 17.1 Å². The van der Waals surface area contributed by atoms with Crippen molar-refractivity contribution < 1.29 is 4.74 Å². The zero-order chi connectivity index (χ0) is 14.1. The van der Waals surface area contributed by atoms with Crippen LogP contribution in [0.4, 0.5) is 0 Å². The Labute approximate surface area is 129 Å². The summed E-state index contributed by atoms with van der Waals surface area (Å²) in [6.45, 7) is 0. The van der Waals surface area contributed by atoms with Gasteiger partial charge in [-0.05, 0) is 40.4 Å². The van der Waals surface area contributed by atoms with E-state index in [0.717, 1.165) is 37.5 Å². The Hall–Kier alpha value is -1.53. The van der Waals surface area contributed by atoms with Crippen LogP contribution in [0.1, 0.15) is 0 Å². The van der Waals surface area contributed by atoms with Crippen LogP contribution in [-0.2, 0) is 0 Å². The summed E-state index contributed by atoms with van der Waals surface area (Å²) < 4.78 is 6.51. The summed E-state index contributed by atoms with van der Waals surface area (Å²) in [5, 5.41) is 0. The molecule has 0 bridgehead atoms. The van der Waals surface area contributed by atoms with Crippen molar-refractivity contribution in [3.63, 3.8) is 0 Å². The Bertz CT molecular complexity index is 739. The normalized spacial score (nSPS) is 10.9. The average Bonchev–Trinajstić information content (AvgIpc) is 2.90. The second-order valence-electron chi connectivity index (χ2n) is 4.17. The van der Waals surface area contributed by atoms with E-state index in [1.54, 1.807) is 31.3 Å². The van der Waals surface area contributed by atoms with Crippen LogP contribution in [-0.4, -0.2) is 28.3 Å². The number of benzene rings is 1. The molecule has 20 heavy (non-hydrogen) atoms. The number of H-pyrrole nitrogens is 1. The van der Waals surface area contributed by atoms with E-state index < -0.39 is 0 Å². The number of fused-ring (bicyclic) bond motifs is 1. The molecular weight excluding hydrogens is 338 g/mol. The number of halogens is 1. The summed E-state index contributed by atoms with van der Waals surface area (Å²) in [6.07, 6.45) is 5.53. The lowest BCUT2D eigenvalue weighted by Gasteiger charge is -2.10. The first-order valence-corrected chi connectivity index (χ1v) is 7.96. The molecule has 6 heteroatoms. The minimum Gasteiger partial charge on any atom is -0.496 e. The van der Waals surface area contributed by atoms with Gasteiger partial charge >= 0.3 is 0 Å². The number of nitrogens with one attached hydrogen (secondary N) is 1. The van der Waals surface area contributed by atoms with Gasteiger partial charge < -0.3 is 9.72 Å². The van der Waals surface area contributed by atoms with Crippen molar-refractivity contribution in [1.82, 2.24) is 15.0 Å². The zero-order valence-corrected chi connectivity index (χ0v) is 13.4. The number of hydrogen-bond acceptors (Lipinski definition) is 4. The van der Waals surface area contributed by atoms with E-state index in [4.69, 9.17) is 4.74 Å². The smallest absolute Gasteiger partial charge is 0.142 e. The van der Waals surface area contributed by atoms with Crippen molar-refractivity contribution in [1.29, 1.82) is 0 Å². The van der Waals surface area contributed by atoms with Crippen LogP contribution >= 0.6 is 27.7 Å². The van der Waals surface area contributed by atoms with E-state index in [1.807, 2.05) is 24.5 Å². The predicted octanol–water partition coefficient (Wildman–Crippen LogP) is 4.12. The molecule has 0 atom stereocenters. The molecule has 0 aliphatic heterocycles. The third kappa shape index (κ3) is 2.29. The first-order valence-electron chi connectivity index (χ1n) is 5.94. The van der Waals surface area contributed by atoms with Crippen LogP contribution in [0.15, 0.2) is 40.0 Å². The molecule has 2 aromatic heterocycles. The SMILES string of the molecule is COc1cc(SC)c(Br)cc1-c1nc2ccncc2[nH]1. The van der Waals surface area contributed by atoms with Gasteiger partial charge in [0.2, 0.25) is 0 Å². The van der Waals surface area contributed by atoms with Crippen molar-refractivity contribution in [2.75, 3.05) is 13.4 Å². The molecule has 0 fully saturated rings. The summed E-state index contributed by atoms with van der Waals surface area (Å²) in [5.41, 5.74) is 2.73. The maximum absolute atomic E-state index is 5.48. The van der Waals surface area contributed by atoms with Gasteiger partial charge in [-0.1, -0.05) is 0 Å². The number of thioether (sulfide) groups is 1. The minimum absolute atomic E-state index is 0.776. The first-order chi connectivity index (χ1) is 9.72. The summed E-state index contributed by atoms with van der Waals surface area (Å²) in [4.78, 5) is 13.1. The highest BCUT2D eigenvalue weighted by Crippen LogP contribution is 2.37. The van der Waals surface area contributed by atoms with E-state index in [2.05, 4.69) is 30.9 Å². The molecule has 0 saturated heterocycles. The van der Waals surface area contributed by atoms with Crippen molar-refractivity contribution >= 4 is 38.7 Å². The van der Waals surface area contributed by atoms with Gasteiger partial charge in [0.25, 0.3) is 0 Å². The second-order valence-corrected chi connectivity index (χ2v) is 5.87. The Morgan fingerprint density at radius 1 is 1.35 bits per heavy atom. The van der Waals surface area contributed by atoms with Crippen molar-refractivity contribution in [3.05, 3.63) is 35.1 Å². The van der Waals surface area contributed by atoms with Crippen molar-refractivity contribution in [2.45, 2.75) is 4.90 Å². The fourth-order valence-electron chi connectivity index (χ4n) is 2.03. The molecule has 0 unspecified atom stereocenters. The van der Waals surface area contributed by atoms with Gasteiger partial charge in [-0.15, -0.1) is 11.8 Å². The summed E-state index contributed by atoms with van der Waals surface area (Å²) in [5.74, 6) is 1.57. The lowest BCUT2D eigenvalue weighted by atomic mass is 10.2. The lowest BCUT2D eigenvalue weighted by Crippen LogP contribution is -1.91. The standard InChI is InChI=1S/C14H12BrN3OS/c1-19-12-6-13(20-2)9(15)5-8(12)14-17-10-3-4-16-7-11(10)18-14/h3-7H,1-2H3,(H,17,18). The molecule has 0 radical (unpaired) electrons. The number of aromatic nitrogens is 3. The molecular formula is C14H12BrN3OS. The van der Waals surface area contributed by atoms with E-state index in [9.17, 15) is 0 Å². The largest absolute Gasteiger partial charge is 0.496 e. The maximum Gasteiger partial charge on any atom is 0.142 e. The number of aromatic amines is 1. The molecule has 1 aromatic carbocycles. The Morgan fingerprint density at radius 3 is 2.90 bits per heavy atom. The van der Waals surface area contributed by atoms with Gasteiger partial charge in [0.05, 0.1) is 29.9 Å². The van der Waals surface area contributed by atoms with Crippen LogP contribution in [0.25, 0.3) is 22.4 Å². The zero-order valence-electron chi connectivity index (χ0n) is 11.0. The van der Waals surface area contributed by atoms with Crippen LogP contribution in [0.3, 0.4) is 0 Å². The Balaban J connectivity index is 2.19. The average molecular weight is 350 g/mol. The number of nitrogens with zero attached hydrogens (tertiary/aromatic N) is 2. The summed E-state index contributed by atoms with van der Waals surface area (Å²) in [6, 6.07) is 5.92. The van der Waals surface area contributed by atoms with Gasteiger partial charge in [0.1, 0.15) is 11.6 Å². The molecule has 3 rings (SSSR count). The van der Waals surface area contributed by atoms with Crippen molar-refractivity contribution in [2.24, 2.45) is 0 Å². The number of rotatable bonds is 3. The minimum atomic E-state index is 0.776. The number of ether oxygens (including phenoxy) is 1. The first kappa shape index (κ1) is 13.5. The second kappa shape index (κ2) is 5.46.